The highest BCUT2D eigenvalue weighted by Crippen LogP contribution is 2.23. The van der Waals surface area contributed by atoms with Gasteiger partial charge in [-0.05, 0) is 36.2 Å². The molecule has 0 spiro atoms. The van der Waals surface area contributed by atoms with E-state index in [1.807, 2.05) is 18.2 Å². The first-order chi connectivity index (χ1) is 12.9. The van der Waals surface area contributed by atoms with E-state index in [1.54, 1.807) is 18.5 Å². The van der Waals surface area contributed by atoms with Crippen LogP contribution in [0.2, 0.25) is 0 Å². The highest BCUT2D eigenvalue weighted by Gasteiger charge is 2.30. The van der Waals surface area contributed by atoms with E-state index in [-0.39, 0.29) is 11.8 Å². The summed E-state index contributed by atoms with van der Waals surface area (Å²) in [5, 5.41) is 7.29. The summed E-state index contributed by atoms with van der Waals surface area (Å²) >= 11 is 0. The number of halogens is 3. The van der Waals surface area contributed by atoms with Gasteiger partial charge in [0.05, 0.1) is 5.69 Å². The molecule has 3 aromatic rings. The normalized spacial score (nSPS) is 11.2. The number of hydrogen-bond acceptors (Lipinski definition) is 3. The minimum absolute atomic E-state index is 0.276. The molecule has 0 atom stereocenters. The number of nitrogens with one attached hydrogen (secondary N) is 2. The van der Waals surface area contributed by atoms with Gasteiger partial charge < -0.3 is 15.4 Å². The van der Waals surface area contributed by atoms with Gasteiger partial charge in [-0.15, -0.1) is 13.2 Å². The lowest BCUT2D eigenvalue weighted by Crippen LogP contribution is -2.30. The topological polar surface area (TPSA) is 63.2 Å². The zero-order valence-corrected chi connectivity index (χ0v) is 14.1. The molecule has 0 fully saturated rings. The molecule has 0 radical (unpaired) electrons. The summed E-state index contributed by atoms with van der Waals surface area (Å²) in [5.74, 6) is -0.276. The van der Waals surface area contributed by atoms with E-state index < -0.39 is 6.36 Å². The summed E-state index contributed by atoms with van der Waals surface area (Å²) in [6, 6.07) is 12.5. The number of anilines is 1. The van der Waals surface area contributed by atoms with Crippen molar-refractivity contribution < 1.29 is 22.7 Å². The SMILES string of the molecule is O=C(NCCc1ccc(OC(F)(F)F)cc1)Nc1cccc2cnccc12. The number of nitrogens with zero attached hydrogens (tertiary/aromatic N) is 1. The highest BCUT2D eigenvalue weighted by molar-refractivity contribution is 6.01. The fourth-order valence-electron chi connectivity index (χ4n) is 2.58. The Balaban J connectivity index is 1.51. The van der Waals surface area contributed by atoms with E-state index in [4.69, 9.17) is 0 Å². The third kappa shape index (κ3) is 5.34. The molecule has 0 unspecified atom stereocenters. The number of alkyl halides is 3. The van der Waals surface area contributed by atoms with Crippen LogP contribution in [0.5, 0.6) is 5.75 Å². The molecule has 2 N–H and O–H groups in total. The van der Waals surface area contributed by atoms with E-state index in [9.17, 15) is 18.0 Å². The molecule has 27 heavy (non-hydrogen) atoms. The lowest BCUT2D eigenvalue weighted by atomic mass is 10.1. The summed E-state index contributed by atoms with van der Waals surface area (Å²) in [6.07, 6.45) is -0.875. The number of benzene rings is 2. The van der Waals surface area contributed by atoms with Crippen LogP contribution in [0.1, 0.15) is 5.56 Å². The van der Waals surface area contributed by atoms with Crippen molar-refractivity contribution in [3.8, 4) is 5.75 Å². The van der Waals surface area contributed by atoms with E-state index in [1.165, 1.54) is 24.3 Å². The molecule has 0 aliphatic heterocycles. The van der Waals surface area contributed by atoms with Crippen molar-refractivity contribution in [2.24, 2.45) is 0 Å². The van der Waals surface area contributed by atoms with Gasteiger partial charge in [-0.3, -0.25) is 4.98 Å². The van der Waals surface area contributed by atoms with Crippen LogP contribution in [-0.2, 0) is 6.42 Å². The molecule has 2 amide bonds. The molecule has 1 aromatic heterocycles. The van der Waals surface area contributed by atoms with Crippen LogP contribution in [0.3, 0.4) is 0 Å². The molecule has 0 aliphatic rings. The van der Waals surface area contributed by atoms with Gasteiger partial charge in [-0.25, -0.2) is 4.79 Å². The maximum atomic E-state index is 12.1. The van der Waals surface area contributed by atoms with Crippen molar-refractivity contribution in [3.05, 3.63) is 66.5 Å². The predicted molar refractivity (Wildman–Crippen MR) is 95.6 cm³/mol. The van der Waals surface area contributed by atoms with Crippen LogP contribution in [0.25, 0.3) is 10.8 Å². The Labute approximate surface area is 153 Å². The Morgan fingerprint density at radius 1 is 1.07 bits per heavy atom. The van der Waals surface area contributed by atoms with Gasteiger partial charge in [0.1, 0.15) is 5.75 Å². The van der Waals surface area contributed by atoms with Crippen molar-refractivity contribution in [3.63, 3.8) is 0 Å². The van der Waals surface area contributed by atoms with Crippen molar-refractivity contribution in [2.45, 2.75) is 12.8 Å². The van der Waals surface area contributed by atoms with Crippen LogP contribution < -0.4 is 15.4 Å². The lowest BCUT2D eigenvalue weighted by Gasteiger charge is -2.11. The van der Waals surface area contributed by atoms with Gasteiger partial charge in [0, 0.05) is 29.7 Å². The first-order valence-corrected chi connectivity index (χ1v) is 8.13. The van der Waals surface area contributed by atoms with Crippen LogP contribution >= 0.6 is 0 Å². The third-order valence-electron chi connectivity index (χ3n) is 3.79. The van der Waals surface area contributed by atoms with Gasteiger partial charge in [0.2, 0.25) is 0 Å². The first kappa shape index (κ1) is 18.5. The van der Waals surface area contributed by atoms with E-state index in [2.05, 4.69) is 20.4 Å². The van der Waals surface area contributed by atoms with Gasteiger partial charge in [0.25, 0.3) is 0 Å². The molecule has 140 valence electrons. The second-order valence-electron chi connectivity index (χ2n) is 5.73. The fourth-order valence-corrected chi connectivity index (χ4v) is 2.58. The fraction of sp³-hybridized carbons (Fsp3) is 0.158. The number of hydrogen-bond donors (Lipinski definition) is 2. The quantitative estimate of drug-likeness (QED) is 0.690. The smallest absolute Gasteiger partial charge is 0.406 e. The van der Waals surface area contributed by atoms with E-state index >= 15 is 0 Å². The highest BCUT2D eigenvalue weighted by atomic mass is 19.4. The summed E-state index contributed by atoms with van der Waals surface area (Å²) < 4.78 is 40.2. The molecular formula is C19H16F3N3O2. The zero-order chi connectivity index (χ0) is 19.3. The lowest BCUT2D eigenvalue weighted by molar-refractivity contribution is -0.274. The van der Waals surface area contributed by atoms with Crippen LogP contribution in [0, 0.1) is 0 Å². The van der Waals surface area contributed by atoms with Crippen LogP contribution in [0.15, 0.2) is 60.9 Å². The molecule has 8 heteroatoms. The number of carbonyl (C=O) groups is 1. The van der Waals surface area contributed by atoms with Gasteiger partial charge in [0.15, 0.2) is 0 Å². The number of aromatic nitrogens is 1. The maximum absolute atomic E-state index is 12.1. The van der Waals surface area contributed by atoms with Crippen LogP contribution in [-0.4, -0.2) is 23.9 Å². The van der Waals surface area contributed by atoms with Crippen molar-refractivity contribution in [2.75, 3.05) is 11.9 Å². The standard InChI is InChI=1S/C19H16F3N3O2/c20-19(21,22)27-15-6-4-13(5-7-15)8-11-24-18(26)25-17-3-1-2-14-12-23-10-9-16(14)17/h1-7,9-10,12H,8,11H2,(H2,24,25,26). The second kappa shape index (κ2) is 7.94. The summed E-state index contributed by atoms with van der Waals surface area (Å²) in [7, 11) is 0. The monoisotopic (exact) mass is 375 g/mol. The number of urea groups is 1. The van der Waals surface area contributed by atoms with Gasteiger partial charge in [-0.1, -0.05) is 24.3 Å². The molecule has 0 saturated heterocycles. The second-order valence-corrected chi connectivity index (χ2v) is 5.73. The van der Waals surface area contributed by atoms with Crippen molar-refractivity contribution in [1.29, 1.82) is 0 Å². The minimum Gasteiger partial charge on any atom is -0.406 e. The predicted octanol–water partition coefficient (Wildman–Crippen LogP) is 4.50. The number of ether oxygens (including phenoxy) is 1. The summed E-state index contributed by atoms with van der Waals surface area (Å²) in [5.41, 5.74) is 1.45. The number of carbonyl (C=O) groups excluding carboxylic acids is 1. The molecular weight excluding hydrogens is 359 g/mol. The first-order valence-electron chi connectivity index (χ1n) is 8.13. The average molecular weight is 375 g/mol. The Hall–Kier alpha value is -3.29. The number of pyridine rings is 1. The molecule has 0 bridgehead atoms. The molecule has 2 aromatic carbocycles. The van der Waals surface area contributed by atoms with Crippen LogP contribution in [0.4, 0.5) is 23.7 Å². The number of fused-ring (bicyclic) bond motifs is 1. The van der Waals surface area contributed by atoms with Gasteiger partial charge >= 0.3 is 12.4 Å². The van der Waals surface area contributed by atoms with Gasteiger partial charge in [-0.2, -0.15) is 0 Å². The summed E-state index contributed by atoms with van der Waals surface area (Å²) in [4.78, 5) is 16.1. The Morgan fingerprint density at radius 3 is 2.59 bits per heavy atom. The Morgan fingerprint density at radius 2 is 1.85 bits per heavy atom. The van der Waals surface area contributed by atoms with E-state index in [0.29, 0.717) is 18.7 Å². The maximum Gasteiger partial charge on any atom is 0.573 e. The largest absolute Gasteiger partial charge is 0.573 e. The number of amides is 2. The average Bonchev–Trinajstić information content (AvgIpc) is 2.62. The van der Waals surface area contributed by atoms with Crippen molar-refractivity contribution >= 4 is 22.5 Å². The zero-order valence-electron chi connectivity index (χ0n) is 14.1. The summed E-state index contributed by atoms with van der Waals surface area (Å²) in [6.45, 7) is 0.331. The molecule has 3 rings (SSSR count). The molecule has 5 nitrogen and oxygen atoms in total. The molecule has 0 aliphatic carbocycles. The number of rotatable bonds is 5. The molecule has 0 saturated carbocycles. The third-order valence-corrected chi connectivity index (χ3v) is 3.79. The minimum atomic E-state index is -4.71. The Bertz CT molecular complexity index is 922. The Kier molecular flexibility index (Phi) is 5.44. The van der Waals surface area contributed by atoms with Crippen molar-refractivity contribution in [1.82, 2.24) is 10.3 Å². The molecule has 1 heterocycles. The van der Waals surface area contributed by atoms with E-state index in [0.717, 1.165) is 16.3 Å².